The van der Waals surface area contributed by atoms with Gasteiger partial charge in [0.15, 0.2) is 0 Å². The van der Waals surface area contributed by atoms with Gasteiger partial charge < -0.3 is 5.11 Å². The van der Waals surface area contributed by atoms with Crippen LogP contribution in [0.1, 0.15) is 29.2 Å². The van der Waals surface area contributed by atoms with Crippen molar-refractivity contribution in [3.63, 3.8) is 0 Å². The molecule has 2 aromatic rings. The topological polar surface area (TPSA) is 67.8 Å². The molecule has 2 rings (SSSR count). The lowest BCUT2D eigenvalue weighted by molar-refractivity contribution is 0.282. The minimum absolute atomic E-state index is 0.0334. The Labute approximate surface area is 119 Å². The summed E-state index contributed by atoms with van der Waals surface area (Å²) in [6, 6.07) is 18.6. The van der Waals surface area contributed by atoms with Gasteiger partial charge in [-0.15, -0.1) is 0 Å². The van der Waals surface area contributed by atoms with E-state index in [2.05, 4.69) is 13.0 Å². The predicted molar refractivity (Wildman–Crippen MR) is 77.6 cm³/mol. The Balaban J connectivity index is 0.000000200. The van der Waals surface area contributed by atoms with Crippen molar-refractivity contribution in [3.05, 3.63) is 70.8 Å². The lowest BCUT2D eigenvalue weighted by Crippen LogP contribution is -1.81. The average Bonchev–Trinajstić information content (AvgIpc) is 2.55. The van der Waals surface area contributed by atoms with Crippen LogP contribution in [0.3, 0.4) is 0 Å². The van der Waals surface area contributed by atoms with Crippen molar-refractivity contribution in [3.8, 4) is 12.1 Å². The Morgan fingerprint density at radius 1 is 0.800 bits per heavy atom. The lowest BCUT2D eigenvalue weighted by Gasteiger charge is -1.92. The van der Waals surface area contributed by atoms with Crippen LogP contribution in [0.2, 0.25) is 0 Å². The summed E-state index contributed by atoms with van der Waals surface area (Å²) in [6.07, 6.45) is 1.03. The minimum Gasteiger partial charge on any atom is -0.392 e. The third-order valence-corrected chi connectivity index (χ3v) is 2.76. The fourth-order valence-corrected chi connectivity index (χ4v) is 1.50. The maximum Gasteiger partial charge on any atom is 0.0991 e. The minimum atomic E-state index is 0.0334. The van der Waals surface area contributed by atoms with E-state index < -0.39 is 0 Å². The molecule has 0 saturated carbocycles. The van der Waals surface area contributed by atoms with Gasteiger partial charge in [0.25, 0.3) is 0 Å². The summed E-state index contributed by atoms with van der Waals surface area (Å²) in [6.45, 7) is 2.13. The van der Waals surface area contributed by atoms with Gasteiger partial charge in [0.1, 0.15) is 0 Å². The van der Waals surface area contributed by atoms with Crippen LogP contribution in [-0.4, -0.2) is 5.11 Å². The molecule has 0 unspecified atom stereocenters. The molecule has 3 heteroatoms. The van der Waals surface area contributed by atoms with Crippen LogP contribution in [0.15, 0.2) is 48.5 Å². The maximum absolute atomic E-state index is 8.62. The van der Waals surface area contributed by atoms with Crippen LogP contribution in [0.5, 0.6) is 0 Å². The number of hydrogen-bond donors (Lipinski definition) is 1. The van der Waals surface area contributed by atoms with E-state index in [9.17, 15) is 0 Å². The zero-order valence-corrected chi connectivity index (χ0v) is 11.4. The number of aliphatic hydroxyl groups is 1. The summed E-state index contributed by atoms with van der Waals surface area (Å²) in [5.74, 6) is 0. The number of benzene rings is 2. The Bertz CT molecular complexity index is 544. The zero-order chi connectivity index (χ0) is 14.8. The van der Waals surface area contributed by atoms with Gasteiger partial charge in [0.05, 0.1) is 29.9 Å². The smallest absolute Gasteiger partial charge is 0.0991 e. The molecule has 0 radical (unpaired) electrons. The molecule has 0 aliphatic carbocycles. The van der Waals surface area contributed by atoms with Gasteiger partial charge in [-0.2, -0.15) is 10.5 Å². The van der Waals surface area contributed by atoms with Gasteiger partial charge in [0, 0.05) is 0 Å². The molecule has 2 aromatic carbocycles. The Kier molecular flexibility index (Phi) is 6.54. The molecule has 0 atom stereocenters. The van der Waals surface area contributed by atoms with Gasteiger partial charge in [-0.3, -0.25) is 0 Å². The van der Waals surface area contributed by atoms with Gasteiger partial charge in [-0.1, -0.05) is 31.2 Å². The summed E-state index contributed by atoms with van der Waals surface area (Å²) in [5, 5.41) is 25.5. The van der Waals surface area contributed by atoms with E-state index in [1.165, 1.54) is 5.56 Å². The first kappa shape index (κ1) is 15.4. The standard InChI is InChI=1S/C9H9N.C8H7NO/c1-2-8-3-5-9(7-10)6-4-8;9-5-7-1-3-8(6-10)4-2-7/h3-6H,2H2,1H3;1-4,10H,6H2. The molecule has 3 nitrogen and oxygen atoms in total. The van der Waals surface area contributed by atoms with Gasteiger partial charge in [0.2, 0.25) is 0 Å². The van der Waals surface area contributed by atoms with Crippen molar-refractivity contribution in [1.82, 2.24) is 0 Å². The van der Waals surface area contributed by atoms with Crippen molar-refractivity contribution in [1.29, 1.82) is 10.5 Å². The zero-order valence-electron chi connectivity index (χ0n) is 11.4. The highest BCUT2D eigenvalue weighted by molar-refractivity contribution is 5.32. The first-order chi connectivity index (χ1) is 9.73. The van der Waals surface area contributed by atoms with Crippen LogP contribution in [0.4, 0.5) is 0 Å². The van der Waals surface area contributed by atoms with E-state index in [0.29, 0.717) is 5.56 Å². The quantitative estimate of drug-likeness (QED) is 0.905. The largest absolute Gasteiger partial charge is 0.392 e. The van der Waals surface area contributed by atoms with Crippen molar-refractivity contribution in [2.24, 2.45) is 0 Å². The number of aliphatic hydroxyl groups excluding tert-OH is 1. The van der Waals surface area contributed by atoms with E-state index >= 15 is 0 Å². The monoisotopic (exact) mass is 264 g/mol. The van der Waals surface area contributed by atoms with Crippen molar-refractivity contribution in [2.75, 3.05) is 0 Å². The predicted octanol–water partition coefficient (Wildman–Crippen LogP) is 3.17. The third kappa shape index (κ3) is 4.94. The summed E-state index contributed by atoms with van der Waals surface area (Å²) < 4.78 is 0. The summed E-state index contributed by atoms with van der Waals surface area (Å²) >= 11 is 0. The van der Waals surface area contributed by atoms with E-state index in [1.807, 2.05) is 30.3 Å². The van der Waals surface area contributed by atoms with Crippen LogP contribution >= 0.6 is 0 Å². The van der Waals surface area contributed by atoms with E-state index in [0.717, 1.165) is 17.5 Å². The molecule has 100 valence electrons. The molecule has 0 aliphatic rings. The van der Waals surface area contributed by atoms with Gasteiger partial charge in [-0.05, 0) is 41.8 Å². The highest BCUT2D eigenvalue weighted by atomic mass is 16.3. The fraction of sp³-hybridized carbons (Fsp3) is 0.176. The normalized spacial score (nSPS) is 8.80. The number of aryl methyl sites for hydroxylation is 1. The van der Waals surface area contributed by atoms with E-state index in [4.69, 9.17) is 15.6 Å². The molecule has 0 fully saturated rings. The fourth-order valence-electron chi connectivity index (χ4n) is 1.50. The molecule has 0 aliphatic heterocycles. The summed E-state index contributed by atoms with van der Waals surface area (Å²) in [7, 11) is 0. The molecule has 0 spiro atoms. The molecular weight excluding hydrogens is 248 g/mol. The number of rotatable bonds is 2. The van der Waals surface area contributed by atoms with Gasteiger partial charge in [-0.25, -0.2) is 0 Å². The summed E-state index contributed by atoms with van der Waals surface area (Å²) in [5.41, 5.74) is 3.47. The molecule has 1 N–H and O–H groups in total. The van der Waals surface area contributed by atoms with Crippen LogP contribution in [-0.2, 0) is 13.0 Å². The first-order valence-corrected chi connectivity index (χ1v) is 6.32. The lowest BCUT2D eigenvalue weighted by atomic mass is 10.1. The van der Waals surface area contributed by atoms with Crippen LogP contribution in [0.25, 0.3) is 0 Å². The van der Waals surface area contributed by atoms with E-state index in [-0.39, 0.29) is 6.61 Å². The number of nitrogens with zero attached hydrogens (tertiary/aromatic N) is 2. The number of nitriles is 2. The molecule has 0 heterocycles. The van der Waals surface area contributed by atoms with Crippen molar-refractivity contribution in [2.45, 2.75) is 20.0 Å². The second-order valence-electron chi connectivity index (χ2n) is 4.13. The van der Waals surface area contributed by atoms with Gasteiger partial charge >= 0.3 is 0 Å². The molecule has 0 saturated heterocycles. The SMILES string of the molecule is CCc1ccc(C#N)cc1.N#Cc1ccc(CO)cc1. The molecule has 0 aromatic heterocycles. The third-order valence-electron chi connectivity index (χ3n) is 2.76. The van der Waals surface area contributed by atoms with Crippen LogP contribution in [0, 0.1) is 22.7 Å². The van der Waals surface area contributed by atoms with Crippen molar-refractivity contribution >= 4 is 0 Å². The first-order valence-electron chi connectivity index (χ1n) is 6.32. The molecule has 0 amide bonds. The maximum atomic E-state index is 8.62. The van der Waals surface area contributed by atoms with E-state index in [1.54, 1.807) is 24.3 Å². The Morgan fingerprint density at radius 3 is 1.50 bits per heavy atom. The average molecular weight is 264 g/mol. The second-order valence-corrected chi connectivity index (χ2v) is 4.13. The Hall–Kier alpha value is -2.62. The Morgan fingerprint density at radius 2 is 1.20 bits per heavy atom. The highest BCUT2D eigenvalue weighted by Crippen LogP contribution is 2.03. The van der Waals surface area contributed by atoms with Crippen molar-refractivity contribution < 1.29 is 5.11 Å². The van der Waals surface area contributed by atoms with Crippen LogP contribution < -0.4 is 0 Å². The highest BCUT2D eigenvalue weighted by Gasteiger charge is 1.89. The number of hydrogen-bond acceptors (Lipinski definition) is 3. The molecular formula is C17H16N2O. The molecule has 0 bridgehead atoms. The molecule has 20 heavy (non-hydrogen) atoms. The second kappa shape index (κ2) is 8.48. The summed E-state index contributed by atoms with van der Waals surface area (Å²) in [4.78, 5) is 0.